The van der Waals surface area contributed by atoms with E-state index in [4.69, 9.17) is 4.74 Å². The Morgan fingerprint density at radius 1 is 0.833 bits per heavy atom. The minimum Gasteiger partial charge on any atom is -0.494 e. The van der Waals surface area contributed by atoms with E-state index in [0.29, 0.717) is 0 Å². The molecule has 0 radical (unpaired) electrons. The first-order valence-electron chi connectivity index (χ1n) is 10.2. The standard InChI is InChI=1S/C22H35FO/c1-2-3-4-5-6-8-19-10-12-20(13-11-19)9-7-18-24-22-16-14-21(23)15-17-22/h14-17,19-20H,2-13,18H2,1H3. The summed E-state index contributed by atoms with van der Waals surface area (Å²) in [5, 5.41) is 0. The summed E-state index contributed by atoms with van der Waals surface area (Å²) in [6, 6.07) is 6.33. The van der Waals surface area contributed by atoms with Gasteiger partial charge in [-0.1, -0.05) is 71.1 Å². The molecule has 1 nitrogen and oxygen atoms in total. The van der Waals surface area contributed by atoms with Gasteiger partial charge >= 0.3 is 0 Å². The van der Waals surface area contributed by atoms with Crippen molar-refractivity contribution < 1.29 is 9.13 Å². The molecule has 136 valence electrons. The van der Waals surface area contributed by atoms with Crippen molar-refractivity contribution in [2.75, 3.05) is 6.61 Å². The van der Waals surface area contributed by atoms with Crippen molar-refractivity contribution in [1.82, 2.24) is 0 Å². The maximum absolute atomic E-state index is 12.8. The van der Waals surface area contributed by atoms with Gasteiger partial charge in [0, 0.05) is 0 Å². The second-order valence-electron chi connectivity index (χ2n) is 7.53. The zero-order chi connectivity index (χ0) is 17.0. The molecule has 24 heavy (non-hydrogen) atoms. The van der Waals surface area contributed by atoms with Crippen LogP contribution in [0.2, 0.25) is 0 Å². The normalized spacial score (nSPS) is 20.9. The van der Waals surface area contributed by atoms with E-state index >= 15 is 0 Å². The Kier molecular flexibility index (Phi) is 9.23. The summed E-state index contributed by atoms with van der Waals surface area (Å²) in [4.78, 5) is 0. The lowest BCUT2D eigenvalue weighted by Gasteiger charge is -2.28. The van der Waals surface area contributed by atoms with E-state index in [0.717, 1.165) is 30.6 Å². The van der Waals surface area contributed by atoms with E-state index in [2.05, 4.69) is 6.92 Å². The SMILES string of the molecule is CCCCCCCC1CCC(CCCOc2ccc(F)cc2)CC1. The zero-order valence-electron chi connectivity index (χ0n) is 15.4. The van der Waals surface area contributed by atoms with Crippen molar-refractivity contribution in [3.63, 3.8) is 0 Å². The molecule has 0 aliphatic heterocycles. The van der Waals surface area contributed by atoms with Crippen molar-refractivity contribution >= 4 is 0 Å². The first kappa shape index (κ1) is 19.3. The van der Waals surface area contributed by atoms with Gasteiger partial charge in [0.25, 0.3) is 0 Å². The number of halogens is 1. The fourth-order valence-electron chi connectivity index (χ4n) is 3.94. The third kappa shape index (κ3) is 7.68. The number of unbranched alkanes of at least 4 members (excludes halogenated alkanes) is 4. The summed E-state index contributed by atoms with van der Waals surface area (Å²) in [5.41, 5.74) is 0. The molecule has 0 aromatic heterocycles. The van der Waals surface area contributed by atoms with Crippen molar-refractivity contribution in [1.29, 1.82) is 0 Å². The second kappa shape index (κ2) is 11.5. The highest BCUT2D eigenvalue weighted by molar-refractivity contribution is 5.21. The first-order valence-corrected chi connectivity index (χ1v) is 10.2. The smallest absolute Gasteiger partial charge is 0.123 e. The van der Waals surface area contributed by atoms with Crippen LogP contribution in [0.3, 0.4) is 0 Å². The summed E-state index contributed by atoms with van der Waals surface area (Å²) >= 11 is 0. The molecular weight excluding hydrogens is 299 g/mol. The molecule has 0 N–H and O–H groups in total. The Labute approximate surface area is 148 Å². The Balaban J connectivity index is 1.48. The van der Waals surface area contributed by atoms with Crippen LogP contribution in [0.15, 0.2) is 24.3 Å². The van der Waals surface area contributed by atoms with Gasteiger partial charge in [-0.3, -0.25) is 0 Å². The van der Waals surface area contributed by atoms with E-state index in [-0.39, 0.29) is 5.82 Å². The van der Waals surface area contributed by atoms with Crippen molar-refractivity contribution in [2.45, 2.75) is 84.0 Å². The molecule has 0 atom stereocenters. The second-order valence-corrected chi connectivity index (χ2v) is 7.53. The minimum atomic E-state index is -0.204. The highest BCUT2D eigenvalue weighted by Gasteiger charge is 2.20. The van der Waals surface area contributed by atoms with Crippen LogP contribution in [0.25, 0.3) is 0 Å². The molecule has 1 aromatic rings. The Hall–Kier alpha value is -1.05. The van der Waals surface area contributed by atoms with Gasteiger partial charge in [-0.2, -0.15) is 0 Å². The number of hydrogen-bond donors (Lipinski definition) is 0. The van der Waals surface area contributed by atoms with E-state index in [1.54, 1.807) is 12.1 Å². The van der Waals surface area contributed by atoms with E-state index in [1.807, 2.05) is 0 Å². The molecule has 2 heteroatoms. The van der Waals surface area contributed by atoms with Gasteiger partial charge in [-0.15, -0.1) is 0 Å². The van der Waals surface area contributed by atoms with Gasteiger partial charge < -0.3 is 4.74 Å². The Bertz CT molecular complexity index is 420. The molecule has 0 heterocycles. The largest absolute Gasteiger partial charge is 0.494 e. The van der Waals surface area contributed by atoms with Crippen LogP contribution in [0.5, 0.6) is 5.75 Å². The van der Waals surface area contributed by atoms with Gasteiger partial charge in [0.05, 0.1) is 6.61 Å². The summed E-state index contributed by atoms with van der Waals surface area (Å²) in [7, 11) is 0. The zero-order valence-corrected chi connectivity index (χ0v) is 15.4. The summed E-state index contributed by atoms with van der Waals surface area (Å²) < 4.78 is 18.5. The van der Waals surface area contributed by atoms with Crippen LogP contribution in [-0.4, -0.2) is 6.61 Å². The van der Waals surface area contributed by atoms with Gasteiger partial charge in [0.1, 0.15) is 11.6 Å². The molecule has 0 unspecified atom stereocenters. The number of rotatable bonds is 11. The fraction of sp³-hybridized carbons (Fsp3) is 0.727. The van der Waals surface area contributed by atoms with Crippen LogP contribution in [-0.2, 0) is 0 Å². The van der Waals surface area contributed by atoms with Crippen molar-refractivity contribution in [3.8, 4) is 5.75 Å². The maximum Gasteiger partial charge on any atom is 0.123 e. The van der Waals surface area contributed by atoms with Crippen molar-refractivity contribution in [2.24, 2.45) is 11.8 Å². The van der Waals surface area contributed by atoms with Gasteiger partial charge in [0.15, 0.2) is 0 Å². The number of ether oxygens (including phenoxy) is 1. The third-order valence-corrected chi connectivity index (χ3v) is 5.52. The Morgan fingerprint density at radius 3 is 2.04 bits per heavy atom. The quantitative estimate of drug-likeness (QED) is 0.390. The predicted molar refractivity (Wildman–Crippen MR) is 100.0 cm³/mol. The molecule has 0 spiro atoms. The van der Waals surface area contributed by atoms with Crippen LogP contribution in [0, 0.1) is 17.7 Å². The van der Waals surface area contributed by atoms with Crippen LogP contribution in [0.4, 0.5) is 4.39 Å². The molecule has 0 amide bonds. The average Bonchev–Trinajstić information content (AvgIpc) is 2.61. The lowest BCUT2D eigenvalue weighted by atomic mass is 9.78. The first-order chi connectivity index (χ1) is 11.8. The van der Waals surface area contributed by atoms with Crippen LogP contribution < -0.4 is 4.74 Å². The molecule has 1 aliphatic rings. The van der Waals surface area contributed by atoms with Gasteiger partial charge in [-0.25, -0.2) is 4.39 Å². The maximum atomic E-state index is 12.8. The summed E-state index contributed by atoms with van der Waals surface area (Å²) in [6.07, 6.45) is 16.6. The number of hydrogen-bond acceptors (Lipinski definition) is 1. The lowest BCUT2D eigenvalue weighted by molar-refractivity contribution is 0.228. The highest BCUT2D eigenvalue weighted by Crippen LogP contribution is 2.34. The monoisotopic (exact) mass is 334 g/mol. The fourth-order valence-corrected chi connectivity index (χ4v) is 3.94. The Morgan fingerprint density at radius 2 is 1.42 bits per heavy atom. The number of benzene rings is 1. The summed E-state index contributed by atoms with van der Waals surface area (Å²) in [5.74, 6) is 2.48. The van der Waals surface area contributed by atoms with Crippen molar-refractivity contribution in [3.05, 3.63) is 30.1 Å². The van der Waals surface area contributed by atoms with E-state index < -0.39 is 0 Å². The molecule has 2 rings (SSSR count). The topological polar surface area (TPSA) is 9.23 Å². The van der Waals surface area contributed by atoms with Crippen LogP contribution in [0.1, 0.15) is 84.0 Å². The van der Waals surface area contributed by atoms with Gasteiger partial charge in [0.2, 0.25) is 0 Å². The summed E-state index contributed by atoms with van der Waals surface area (Å²) in [6.45, 7) is 3.04. The highest BCUT2D eigenvalue weighted by atomic mass is 19.1. The molecule has 1 fully saturated rings. The predicted octanol–water partition coefficient (Wildman–Crippen LogP) is 7.15. The molecule has 0 saturated heterocycles. The third-order valence-electron chi connectivity index (χ3n) is 5.52. The van der Waals surface area contributed by atoms with E-state index in [1.165, 1.54) is 82.8 Å². The molecular formula is C22H35FO. The molecule has 1 aromatic carbocycles. The van der Waals surface area contributed by atoms with E-state index in [9.17, 15) is 4.39 Å². The lowest BCUT2D eigenvalue weighted by Crippen LogP contribution is -2.15. The van der Waals surface area contributed by atoms with Gasteiger partial charge in [-0.05, 0) is 48.9 Å². The van der Waals surface area contributed by atoms with Crippen LogP contribution >= 0.6 is 0 Å². The minimum absolute atomic E-state index is 0.204. The average molecular weight is 335 g/mol. The molecule has 1 aliphatic carbocycles. The molecule has 0 bridgehead atoms. The molecule has 1 saturated carbocycles.